The largest absolute Gasteiger partial charge is 0.350 e. The van der Waals surface area contributed by atoms with E-state index in [1.165, 1.54) is 19.2 Å². The summed E-state index contributed by atoms with van der Waals surface area (Å²) in [6.45, 7) is 3.87. The van der Waals surface area contributed by atoms with Crippen molar-refractivity contribution in [1.29, 1.82) is 0 Å². The first-order valence-corrected chi connectivity index (χ1v) is 8.43. The van der Waals surface area contributed by atoms with Crippen molar-refractivity contribution in [3.05, 3.63) is 28.8 Å². The maximum atomic E-state index is 12.0. The van der Waals surface area contributed by atoms with E-state index >= 15 is 0 Å². The highest BCUT2D eigenvalue weighted by Gasteiger charge is 2.16. The number of nitrogens with one attached hydrogen (secondary N) is 1. The Bertz CT molecular complexity index is 602. The van der Waals surface area contributed by atoms with Crippen molar-refractivity contribution in [2.45, 2.75) is 26.3 Å². The molecule has 1 aromatic rings. The molecule has 0 heterocycles. The third-order valence-electron chi connectivity index (χ3n) is 3.05. The second-order valence-electron chi connectivity index (χ2n) is 4.68. The van der Waals surface area contributed by atoms with Crippen LogP contribution in [0.15, 0.2) is 18.2 Å². The van der Waals surface area contributed by atoms with Crippen LogP contribution in [0.5, 0.6) is 0 Å². The number of amides is 1. The van der Waals surface area contributed by atoms with Crippen molar-refractivity contribution < 1.29 is 13.2 Å². The third kappa shape index (κ3) is 4.11. The average Bonchev–Trinajstić information content (AvgIpc) is 2.36. The second-order valence-corrected chi connectivity index (χ2v) is 7.10. The molecule has 0 bridgehead atoms. The van der Waals surface area contributed by atoms with Gasteiger partial charge in [-0.15, -0.1) is 0 Å². The van der Waals surface area contributed by atoms with Crippen LogP contribution in [0, 0.1) is 0 Å². The minimum atomic E-state index is -3.35. The summed E-state index contributed by atoms with van der Waals surface area (Å²) >= 11 is 6.06. The molecular weight excluding hydrogens is 300 g/mol. The molecule has 0 aliphatic heterocycles. The molecule has 0 saturated heterocycles. The first kappa shape index (κ1) is 16.8. The van der Waals surface area contributed by atoms with Crippen LogP contribution in [0.2, 0.25) is 5.02 Å². The highest BCUT2D eigenvalue weighted by molar-refractivity contribution is 7.92. The number of rotatable bonds is 5. The van der Waals surface area contributed by atoms with E-state index < -0.39 is 10.0 Å². The summed E-state index contributed by atoms with van der Waals surface area (Å²) in [5.74, 6) is -0.266. The highest BCUT2D eigenvalue weighted by Crippen LogP contribution is 2.24. The lowest BCUT2D eigenvalue weighted by Gasteiger charge is -2.18. The van der Waals surface area contributed by atoms with E-state index in [-0.39, 0.29) is 17.0 Å². The molecule has 0 aliphatic carbocycles. The predicted octanol–water partition coefficient (Wildman–Crippen LogP) is 2.26. The first-order chi connectivity index (χ1) is 9.16. The minimum Gasteiger partial charge on any atom is -0.350 e. The molecule has 0 unspecified atom stereocenters. The van der Waals surface area contributed by atoms with Crippen LogP contribution >= 0.6 is 11.6 Å². The van der Waals surface area contributed by atoms with E-state index in [4.69, 9.17) is 11.6 Å². The first-order valence-electron chi connectivity index (χ1n) is 6.21. The standard InChI is InChI=1S/C13H19ClN2O3S/c1-5-9(2)15-13(17)11-7-6-10(8-12(11)14)16(3)20(4,18)19/h6-9H,5H2,1-4H3,(H,15,17)/t9-/m1/s1. The van der Waals surface area contributed by atoms with Gasteiger partial charge in [-0.25, -0.2) is 8.42 Å². The molecule has 0 aliphatic rings. The topological polar surface area (TPSA) is 66.5 Å². The van der Waals surface area contributed by atoms with Gasteiger partial charge in [0.25, 0.3) is 5.91 Å². The Morgan fingerprint density at radius 3 is 2.50 bits per heavy atom. The summed E-state index contributed by atoms with van der Waals surface area (Å²) in [5.41, 5.74) is 0.746. The van der Waals surface area contributed by atoms with Gasteiger partial charge < -0.3 is 5.32 Å². The Morgan fingerprint density at radius 1 is 1.45 bits per heavy atom. The minimum absolute atomic E-state index is 0.0527. The molecule has 112 valence electrons. The average molecular weight is 319 g/mol. The molecule has 0 saturated carbocycles. The molecule has 20 heavy (non-hydrogen) atoms. The predicted molar refractivity (Wildman–Crippen MR) is 81.9 cm³/mol. The third-order valence-corrected chi connectivity index (χ3v) is 4.57. The van der Waals surface area contributed by atoms with E-state index in [2.05, 4.69) is 5.32 Å². The van der Waals surface area contributed by atoms with Crippen molar-refractivity contribution >= 4 is 33.2 Å². The molecule has 0 fully saturated rings. The Kier molecular flexibility index (Phi) is 5.42. The number of halogens is 1. The molecular formula is C13H19ClN2O3S. The summed E-state index contributed by atoms with van der Waals surface area (Å²) in [5, 5.41) is 3.03. The van der Waals surface area contributed by atoms with E-state index in [9.17, 15) is 13.2 Å². The van der Waals surface area contributed by atoms with E-state index in [0.29, 0.717) is 11.3 Å². The van der Waals surface area contributed by atoms with Crippen LogP contribution in [0.1, 0.15) is 30.6 Å². The number of benzene rings is 1. The molecule has 1 amide bonds. The highest BCUT2D eigenvalue weighted by atomic mass is 35.5. The fourth-order valence-electron chi connectivity index (χ4n) is 1.48. The Hall–Kier alpha value is -1.27. The Labute approximate surface area is 125 Å². The normalized spacial score (nSPS) is 12.8. The van der Waals surface area contributed by atoms with E-state index in [1.807, 2.05) is 13.8 Å². The summed E-state index contributed by atoms with van der Waals surface area (Å²) < 4.78 is 24.0. The van der Waals surface area contributed by atoms with Crippen molar-refractivity contribution in [3.8, 4) is 0 Å². The maximum Gasteiger partial charge on any atom is 0.253 e. The Balaban J connectivity index is 3.03. The van der Waals surface area contributed by atoms with Gasteiger partial charge in [-0.1, -0.05) is 18.5 Å². The van der Waals surface area contributed by atoms with Gasteiger partial charge in [-0.3, -0.25) is 9.10 Å². The van der Waals surface area contributed by atoms with Crippen LogP contribution in [0.4, 0.5) is 5.69 Å². The monoisotopic (exact) mass is 318 g/mol. The molecule has 1 rings (SSSR count). The number of hydrogen-bond donors (Lipinski definition) is 1. The van der Waals surface area contributed by atoms with Crippen LogP contribution < -0.4 is 9.62 Å². The lowest BCUT2D eigenvalue weighted by molar-refractivity contribution is 0.0939. The van der Waals surface area contributed by atoms with Crippen molar-refractivity contribution in [3.63, 3.8) is 0 Å². The van der Waals surface area contributed by atoms with Gasteiger partial charge in [-0.05, 0) is 31.5 Å². The fraction of sp³-hybridized carbons (Fsp3) is 0.462. The van der Waals surface area contributed by atoms with Crippen LogP contribution in [0.3, 0.4) is 0 Å². The summed E-state index contributed by atoms with van der Waals surface area (Å²) in [6.07, 6.45) is 1.92. The summed E-state index contributed by atoms with van der Waals surface area (Å²) in [4.78, 5) is 12.0. The van der Waals surface area contributed by atoms with Gasteiger partial charge in [0.1, 0.15) is 0 Å². The number of carbonyl (C=O) groups is 1. The van der Waals surface area contributed by atoms with Gasteiger partial charge in [0.05, 0.1) is 22.5 Å². The van der Waals surface area contributed by atoms with Crippen molar-refractivity contribution in [2.24, 2.45) is 0 Å². The number of anilines is 1. The number of carbonyl (C=O) groups excluding carboxylic acids is 1. The van der Waals surface area contributed by atoms with Crippen molar-refractivity contribution in [2.75, 3.05) is 17.6 Å². The fourth-order valence-corrected chi connectivity index (χ4v) is 2.24. The second kappa shape index (κ2) is 6.45. The number of hydrogen-bond acceptors (Lipinski definition) is 3. The van der Waals surface area contributed by atoms with Gasteiger partial charge >= 0.3 is 0 Å². The lowest BCUT2D eigenvalue weighted by Crippen LogP contribution is -2.32. The van der Waals surface area contributed by atoms with Crippen LogP contribution in [-0.2, 0) is 10.0 Å². The van der Waals surface area contributed by atoms with Gasteiger partial charge in [0.2, 0.25) is 10.0 Å². The van der Waals surface area contributed by atoms with Gasteiger partial charge in [0, 0.05) is 13.1 Å². The zero-order chi connectivity index (χ0) is 15.5. The quantitative estimate of drug-likeness (QED) is 0.905. The molecule has 1 aromatic carbocycles. The SMILES string of the molecule is CC[C@@H](C)NC(=O)c1ccc(N(C)S(C)(=O)=O)cc1Cl. The van der Waals surface area contributed by atoms with Crippen molar-refractivity contribution in [1.82, 2.24) is 5.32 Å². The molecule has 7 heteroatoms. The smallest absolute Gasteiger partial charge is 0.253 e. The van der Waals surface area contributed by atoms with Gasteiger partial charge in [0.15, 0.2) is 0 Å². The number of nitrogens with zero attached hydrogens (tertiary/aromatic N) is 1. The molecule has 1 atom stereocenters. The molecule has 0 aromatic heterocycles. The summed E-state index contributed by atoms with van der Waals surface area (Å²) in [7, 11) is -1.92. The van der Waals surface area contributed by atoms with Crippen LogP contribution in [-0.4, -0.2) is 33.7 Å². The number of sulfonamides is 1. The zero-order valence-corrected chi connectivity index (χ0v) is 13.5. The summed E-state index contributed by atoms with van der Waals surface area (Å²) in [6, 6.07) is 4.60. The molecule has 5 nitrogen and oxygen atoms in total. The van der Waals surface area contributed by atoms with E-state index in [1.54, 1.807) is 6.07 Å². The molecule has 0 radical (unpaired) electrons. The molecule has 1 N–H and O–H groups in total. The van der Waals surface area contributed by atoms with Crippen LogP contribution in [0.25, 0.3) is 0 Å². The molecule has 0 spiro atoms. The maximum absolute atomic E-state index is 12.0. The zero-order valence-electron chi connectivity index (χ0n) is 12.0. The van der Waals surface area contributed by atoms with Gasteiger partial charge in [-0.2, -0.15) is 0 Å². The Morgan fingerprint density at radius 2 is 2.05 bits per heavy atom. The van der Waals surface area contributed by atoms with E-state index in [0.717, 1.165) is 17.0 Å². The lowest BCUT2D eigenvalue weighted by atomic mass is 10.1.